The van der Waals surface area contributed by atoms with Crippen molar-refractivity contribution < 1.29 is 22.7 Å². The molecule has 1 amide bonds. The van der Waals surface area contributed by atoms with Crippen LogP contribution < -0.4 is 15.4 Å². The van der Waals surface area contributed by atoms with Gasteiger partial charge in [0.1, 0.15) is 11.4 Å². The Hall–Kier alpha value is -3.72. The molecular weight excluding hydrogens is 493 g/mol. The molecule has 186 valence electrons. The van der Waals surface area contributed by atoms with E-state index in [1.165, 1.54) is 12.1 Å². The van der Waals surface area contributed by atoms with Crippen molar-refractivity contribution in [2.24, 2.45) is 0 Å². The Morgan fingerprint density at radius 2 is 1.94 bits per heavy atom. The third kappa shape index (κ3) is 4.70. The van der Waals surface area contributed by atoms with Crippen LogP contribution in [0.2, 0.25) is 5.02 Å². The quantitative estimate of drug-likeness (QED) is 0.273. The van der Waals surface area contributed by atoms with Gasteiger partial charge >= 0.3 is 6.18 Å². The van der Waals surface area contributed by atoms with E-state index in [0.717, 1.165) is 28.8 Å². The fourth-order valence-electron chi connectivity index (χ4n) is 4.27. The molecule has 0 radical (unpaired) electrons. The van der Waals surface area contributed by atoms with Crippen LogP contribution in [0, 0.1) is 0 Å². The number of H-pyrrole nitrogens is 1. The first-order chi connectivity index (χ1) is 17.0. The second kappa shape index (κ2) is 8.74. The van der Waals surface area contributed by atoms with E-state index in [1.54, 1.807) is 12.1 Å². The summed E-state index contributed by atoms with van der Waals surface area (Å²) in [6.07, 6.45) is -3.99. The van der Waals surface area contributed by atoms with Crippen LogP contribution >= 0.6 is 11.6 Å². The van der Waals surface area contributed by atoms with Gasteiger partial charge in [-0.05, 0) is 49.7 Å². The van der Waals surface area contributed by atoms with Crippen molar-refractivity contribution in [3.63, 3.8) is 0 Å². The number of amides is 1. The zero-order chi connectivity index (χ0) is 25.7. The summed E-state index contributed by atoms with van der Waals surface area (Å²) in [5, 5.41) is 6.41. The Balaban J connectivity index is 1.48. The maximum absolute atomic E-state index is 13.2. The number of aromatic amines is 1. The average molecular weight is 515 g/mol. The standard InChI is InChI=1S/C26H22ClF3N4O2/c1-25(2)12-18-21-20(33-24(34-21)31-13-14-6-3-4-9-19(14)27)11-17(22(18)36-25)23(35)32-16-8-5-7-15(10-16)26(28,29)30/h3-11H,12-13H2,1-2H3,(H,32,35)(H2,31,33,34). The Morgan fingerprint density at radius 1 is 1.17 bits per heavy atom. The maximum Gasteiger partial charge on any atom is 0.416 e. The van der Waals surface area contributed by atoms with Crippen molar-refractivity contribution in [1.82, 2.24) is 9.97 Å². The summed E-state index contributed by atoms with van der Waals surface area (Å²) in [7, 11) is 0. The lowest BCUT2D eigenvalue weighted by atomic mass is 9.98. The van der Waals surface area contributed by atoms with Crippen LogP contribution in [0.5, 0.6) is 5.75 Å². The van der Waals surface area contributed by atoms with Gasteiger partial charge in [0.25, 0.3) is 5.91 Å². The molecule has 5 rings (SSSR count). The normalized spacial score (nSPS) is 14.4. The van der Waals surface area contributed by atoms with Gasteiger partial charge in [0.05, 0.1) is 22.2 Å². The van der Waals surface area contributed by atoms with Crippen molar-refractivity contribution in [1.29, 1.82) is 0 Å². The molecule has 0 aliphatic carbocycles. The number of carbonyl (C=O) groups excluding carboxylic acids is 1. The smallest absolute Gasteiger partial charge is 0.416 e. The highest BCUT2D eigenvalue weighted by atomic mass is 35.5. The molecule has 0 atom stereocenters. The molecule has 3 N–H and O–H groups in total. The van der Waals surface area contributed by atoms with Gasteiger partial charge < -0.3 is 20.4 Å². The molecule has 0 saturated carbocycles. The number of hydrogen-bond donors (Lipinski definition) is 3. The first kappa shape index (κ1) is 24.0. The average Bonchev–Trinajstić information content (AvgIpc) is 3.36. The van der Waals surface area contributed by atoms with Gasteiger partial charge in [-0.3, -0.25) is 4.79 Å². The van der Waals surface area contributed by atoms with Crippen LogP contribution in [0.1, 0.15) is 40.9 Å². The van der Waals surface area contributed by atoms with Crippen LogP contribution in [0.4, 0.5) is 24.8 Å². The van der Waals surface area contributed by atoms with Crippen LogP contribution in [0.25, 0.3) is 11.0 Å². The van der Waals surface area contributed by atoms with Gasteiger partial charge in [0, 0.05) is 29.2 Å². The minimum absolute atomic E-state index is 0.0325. The molecule has 0 saturated heterocycles. The van der Waals surface area contributed by atoms with Crippen molar-refractivity contribution in [2.75, 3.05) is 10.6 Å². The number of nitrogens with zero attached hydrogens (tertiary/aromatic N) is 1. The number of anilines is 2. The second-order valence-corrected chi connectivity index (χ2v) is 9.63. The Labute approximate surface area is 209 Å². The zero-order valence-corrected chi connectivity index (χ0v) is 20.1. The van der Waals surface area contributed by atoms with Gasteiger partial charge in [0.15, 0.2) is 0 Å². The molecule has 36 heavy (non-hydrogen) atoms. The van der Waals surface area contributed by atoms with E-state index in [0.29, 0.717) is 35.2 Å². The third-order valence-corrected chi connectivity index (χ3v) is 6.28. The van der Waals surface area contributed by atoms with E-state index in [1.807, 2.05) is 32.0 Å². The minimum Gasteiger partial charge on any atom is -0.486 e. The van der Waals surface area contributed by atoms with E-state index in [2.05, 4.69) is 20.6 Å². The number of ether oxygens (including phenoxy) is 1. The maximum atomic E-state index is 13.2. The van der Waals surface area contributed by atoms with Crippen LogP contribution in [0.3, 0.4) is 0 Å². The summed E-state index contributed by atoms with van der Waals surface area (Å²) >= 11 is 6.24. The van der Waals surface area contributed by atoms with Gasteiger partial charge in [-0.2, -0.15) is 13.2 Å². The number of carbonyl (C=O) groups is 1. The Kier molecular flexibility index (Phi) is 5.83. The molecule has 1 aliphatic rings. The number of alkyl halides is 3. The molecule has 1 aliphatic heterocycles. The number of fused-ring (bicyclic) bond motifs is 3. The first-order valence-electron chi connectivity index (χ1n) is 11.2. The molecule has 10 heteroatoms. The lowest BCUT2D eigenvalue weighted by Gasteiger charge is -2.18. The summed E-state index contributed by atoms with van der Waals surface area (Å²) in [4.78, 5) is 21.1. The van der Waals surface area contributed by atoms with E-state index in [-0.39, 0.29) is 11.3 Å². The highest BCUT2D eigenvalue weighted by molar-refractivity contribution is 6.31. The molecule has 4 aromatic rings. The molecule has 0 spiro atoms. The number of benzene rings is 3. The molecule has 3 aromatic carbocycles. The van der Waals surface area contributed by atoms with Gasteiger partial charge in [0.2, 0.25) is 5.95 Å². The van der Waals surface area contributed by atoms with Crippen LogP contribution in [0.15, 0.2) is 54.6 Å². The van der Waals surface area contributed by atoms with E-state index >= 15 is 0 Å². The number of halogens is 4. The predicted octanol–water partition coefficient (Wildman–Crippen LogP) is 6.81. The second-order valence-electron chi connectivity index (χ2n) is 9.23. The summed E-state index contributed by atoms with van der Waals surface area (Å²) in [6.45, 7) is 4.24. The number of aromatic nitrogens is 2. The summed E-state index contributed by atoms with van der Waals surface area (Å²) < 4.78 is 45.4. The van der Waals surface area contributed by atoms with Crippen molar-refractivity contribution in [3.8, 4) is 5.75 Å². The van der Waals surface area contributed by atoms with E-state index in [4.69, 9.17) is 16.3 Å². The Morgan fingerprint density at radius 3 is 2.69 bits per heavy atom. The predicted molar refractivity (Wildman–Crippen MR) is 133 cm³/mol. The summed E-state index contributed by atoms with van der Waals surface area (Å²) in [5.74, 6) is 0.296. The minimum atomic E-state index is -4.52. The van der Waals surface area contributed by atoms with Crippen molar-refractivity contribution in [2.45, 2.75) is 38.6 Å². The van der Waals surface area contributed by atoms with Gasteiger partial charge in [-0.25, -0.2) is 4.98 Å². The molecule has 1 aromatic heterocycles. The van der Waals surface area contributed by atoms with Crippen molar-refractivity contribution in [3.05, 3.63) is 81.9 Å². The number of nitrogens with one attached hydrogen (secondary N) is 3. The molecular formula is C26H22ClF3N4O2. The lowest BCUT2D eigenvalue weighted by Crippen LogP contribution is -2.25. The highest BCUT2D eigenvalue weighted by Crippen LogP contribution is 2.42. The van der Waals surface area contributed by atoms with Gasteiger partial charge in [-0.1, -0.05) is 35.9 Å². The number of imidazole rings is 1. The van der Waals surface area contributed by atoms with E-state index in [9.17, 15) is 18.0 Å². The van der Waals surface area contributed by atoms with E-state index < -0.39 is 23.2 Å². The zero-order valence-electron chi connectivity index (χ0n) is 19.4. The molecule has 2 heterocycles. The summed E-state index contributed by atoms with van der Waals surface area (Å²) in [5.41, 5.74) is 1.76. The molecule has 0 fully saturated rings. The fourth-order valence-corrected chi connectivity index (χ4v) is 4.47. The van der Waals surface area contributed by atoms with Gasteiger partial charge in [-0.15, -0.1) is 0 Å². The van der Waals surface area contributed by atoms with Crippen LogP contribution in [-0.2, 0) is 19.1 Å². The number of rotatable bonds is 5. The first-order valence-corrected chi connectivity index (χ1v) is 11.6. The summed E-state index contributed by atoms with van der Waals surface area (Å²) in [6, 6.07) is 13.5. The topological polar surface area (TPSA) is 79.0 Å². The number of hydrogen-bond acceptors (Lipinski definition) is 4. The SMILES string of the molecule is CC1(C)Cc2c(c(C(=O)Nc3cccc(C(F)(F)F)c3)cc3nc(NCc4ccccc4Cl)[nH]c23)O1. The monoisotopic (exact) mass is 514 g/mol. The Bertz CT molecular complexity index is 1480. The lowest BCUT2D eigenvalue weighted by molar-refractivity contribution is -0.137. The molecule has 0 bridgehead atoms. The van der Waals surface area contributed by atoms with Crippen LogP contribution in [-0.4, -0.2) is 21.5 Å². The fraction of sp³-hybridized carbons (Fsp3) is 0.231. The third-order valence-electron chi connectivity index (χ3n) is 5.91. The molecule has 6 nitrogen and oxygen atoms in total. The highest BCUT2D eigenvalue weighted by Gasteiger charge is 2.36. The largest absolute Gasteiger partial charge is 0.486 e. The van der Waals surface area contributed by atoms with Crippen molar-refractivity contribution >= 4 is 40.2 Å². The molecule has 0 unspecified atom stereocenters.